The number of hydrogen-bond donors (Lipinski definition) is 1. The number of carbonyl (C=O) groups excluding carboxylic acids is 2. The van der Waals surface area contributed by atoms with Crippen LogP contribution in [0.1, 0.15) is 19.0 Å². The van der Waals surface area contributed by atoms with E-state index < -0.39 is 0 Å². The van der Waals surface area contributed by atoms with Crippen LogP contribution in [0.25, 0.3) is 0 Å². The van der Waals surface area contributed by atoms with Crippen molar-refractivity contribution in [3.8, 4) is 0 Å². The van der Waals surface area contributed by atoms with Crippen LogP contribution < -0.4 is 4.90 Å². The molecule has 1 amide bonds. The van der Waals surface area contributed by atoms with Crippen molar-refractivity contribution < 1.29 is 9.59 Å². The van der Waals surface area contributed by atoms with Crippen molar-refractivity contribution in [2.24, 2.45) is 0 Å². The zero-order valence-electron chi connectivity index (χ0n) is 7.91. The van der Waals surface area contributed by atoms with E-state index >= 15 is 0 Å². The van der Waals surface area contributed by atoms with Gasteiger partial charge >= 0.3 is 0 Å². The molecule has 0 aromatic carbocycles. The van der Waals surface area contributed by atoms with Gasteiger partial charge in [0.25, 0.3) is 0 Å². The van der Waals surface area contributed by atoms with Crippen LogP contribution in [-0.2, 0) is 16.0 Å². The molecule has 1 saturated heterocycles. The summed E-state index contributed by atoms with van der Waals surface area (Å²) in [4.78, 5) is 23.8. The number of Topliss-reactive ketones (excluding diaryl/α,β-unsaturated/α-hetero) is 1. The highest BCUT2D eigenvalue weighted by molar-refractivity contribution is 6.14. The van der Waals surface area contributed by atoms with Crippen molar-refractivity contribution in [3.63, 3.8) is 0 Å². The van der Waals surface area contributed by atoms with Crippen LogP contribution in [0.3, 0.4) is 0 Å². The lowest BCUT2D eigenvalue weighted by Crippen LogP contribution is -2.24. The molecule has 1 aliphatic heterocycles. The predicted octanol–water partition coefficient (Wildman–Crippen LogP) is 0.278. The Hall–Kier alpha value is -1.65. The Morgan fingerprint density at radius 2 is 2.36 bits per heavy atom. The molecule has 0 radical (unpaired) electrons. The van der Waals surface area contributed by atoms with E-state index in [1.165, 1.54) is 4.90 Å². The number of nitrogens with zero attached hydrogens (tertiary/aromatic N) is 2. The first kappa shape index (κ1) is 8.93. The summed E-state index contributed by atoms with van der Waals surface area (Å²) in [5.74, 6) is 0.345. The summed E-state index contributed by atoms with van der Waals surface area (Å²) in [6.07, 6.45) is 0.845. The number of carbonyl (C=O) groups is 2. The van der Waals surface area contributed by atoms with Gasteiger partial charge < -0.3 is 0 Å². The first-order chi connectivity index (χ1) is 6.70. The normalized spacial score (nSPS) is 16.8. The van der Waals surface area contributed by atoms with Crippen molar-refractivity contribution >= 4 is 17.5 Å². The van der Waals surface area contributed by atoms with Crippen molar-refractivity contribution in [2.75, 3.05) is 11.4 Å². The van der Waals surface area contributed by atoms with Crippen molar-refractivity contribution in [2.45, 2.75) is 19.8 Å². The summed E-state index contributed by atoms with van der Waals surface area (Å²) >= 11 is 0. The molecule has 0 unspecified atom stereocenters. The van der Waals surface area contributed by atoms with Crippen molar-refractivity contribution in [1.82, 2.24) is 10.2 Å². The van der Waals surface area contributed by atoms with Gasteiger partial charge in [-0.25, -0.2) is 0 Å². The third-order valence-corrected chi connectivity index (χ3v) is 2.26. The Morgan fingerprint density at radius 3 is 2.86 bits per heavy atom. The highest BCUT2D eigenvalue weighted by Gasteiger charge is 2.29. The molecule has 0 saturated carbocycles. The number of aromatic nitrogens is 2. The standard InChI is InChI=1S/C9H11N3O2/c1-2-6-3-8(11-10-6)12-5-7(13)4-9(12)14/h3H,2,4-5H2,1H3,(H,10,11). The van der Waals surface area contributed by atoms with Crippen LogP contribution in [-0.4, -0.2) is 28.4 Å². The maximum atomic E-state index is 11.3. The van der Waals surface area contributed by atoms with E-state index in [4.69, 9.17) is 0 Å². The molecule has 1 aromatic heterocycles. The fourth-order valence-electron chi connectivity index (χ4n) is 1.46. The van der Waals surface area contributed by atoms with Crippen molar-refractivity contribution in [1.29, 1.82) is 0 Å². The number of anilines is 1. The smallest absolute Gasteiger partial charge is 0.236 e. The molecule has 0 atom stereocenters. The fourth-order valence-corrected chi connectivity index (χ4v) is 1.46. The second-order valence-corrected chi connectivity index (χ2v) is 3.30. The number of ketones is 1. The lowest BCUT2D eigenvalue weighted by atomic mass is 10.3. The highest BCUT2D eigenvalue weighted by Crippen LogP contribution is 2.17. The van der Waals surface area contributed by atoms with E-state index in [0.717, 1.165) is 12.1 Å². The first-order valence-electron chi connectivity index (χ1n) is 4.57. The van der Waals surface area contributed by atoms with E-state index in [-0.39, 0.29) is 24.7 Å². The molecule has 0 bridgehead atoms. The Morgan fingerprint density at radius 1 is 1.57 bits per heavy atom. The predicted molar refractivity (Wildman–Crippen MR) is 49.9 cm³/mol. The van der Waals surface area contributed by atoms with E-state index in [9.17, 15) is 9.59 Å². The monoisotopic (exact) mass is 193 g/mol. The van der Waals surface area contributed by atoms with Gasteiger partial charge in [-0.1, -0.05) is 6.92 Å². The van der Waals surface area contributed by atoms with Gasteiger partial charge in [0.15, 0.2) is 11.6 Å². The molecule has 5 heteroatoms. The van der Waals surface area contributed by atoms with Gasteiger partial charge in [0, 0.05) is 11.8 Å². The largest absolute Gasteiger partial charge is 0.297 e. The van der Waals surface area contributed by atoms with Gasteiger partial charge in [0.05, 0.1) is 13.0 Å². The van der Waals surface area contributed by atoms with Crippen LogP contribution in [0.5, 0.6) is 0 Å². The molecule has 0 spiro atoms. The SMILES string of the molecule is CCc1cc(N2CC(=O)CC2=O)n[nH]1. The van der Waals surface area contributed by atoms with Gasteiger partial charge in [-0.05, 0) is 6.42 Å². The lowest BCUT2D eigenvalue weighted by molar-refractivity contribution is -0.121. The minimum Gasteiger partial charge on any atom is -0.297 e. The van der Waals surface area contributed by atoms with Crippen LogP contribution in [0.4, 0.5) is 5.82 Å². The summed E-state index contributed by atoms with van der Waals surface area (Å²) in [6.45, 7) is 2.15. The third-order valence-electron chi connectivity index (χ3n) is 2.26. The number of amides is 1. The van der Waals surface area contributed by atoms with Gasteiger partial charge in [-0.15, -0.1) is 0 Å². The molecule has 2 heterocycles. The summed E-state index contributed by atoms with van der Waals surface area (Å²) in [5, 5.41) is 6.79. The molecule has 0 aliphatic carbocycles. The highest BCUT2D eigenvalue weighted by atomic mass is 16.2. The lowest BCUT2D eigenvalue weighted by Gasteiger charge is -2.09. The Kier molecular flexibility index (Phi) is 2.07. The zero-order valence-corrected chi connectivity index (χ0v) is 7.91. The molecule has 1 aliphatic rings. The minimum absolute atomic E-state index is 0.00825. The van der Waals surface area contributed by atoms with Crippen LogP contribution in [0.2, 0.25) is 0 Å². The number of hydrogen-bond acceptors (Lipinski definition) is 3. The van der Waals surface area contributed by atoms with Crippen LogP contribution in [0.15, 0.2) is 6.07 Å². The molecule has 14 heavy (non-hydrogen) atoms. The maximum Gasteiger partial charge on any atom is 0.236 e. The zero-order chi connectivity index (χ0) is 10.1. The third kappa shape index (κ3) is 1.41. The second-order valence-electron chi connectivity index (χ2n) is 3.30. The van der Waals surface area contributed by atoms with E-state index in [2.05, 4.69) is 10.2 Å². The van der Waals surface area contributed by atoms with Gasteiger partial charge in [0.1, 0.15) is 0 Å². The molecular formula is C9H11N3O2. The average Bonchev–Trinajstić information content (AvgIpc) is 2.71. The summed E-state index contributed by atoms with van der Waals surface area (Å²) in [7, 11) is 0. The van der Waals surface area contributed by atoms with E-state index in [0.29, 0.717) is 5.82 Å². The van der Waals surface area contributed by atoms with Crippen molar-refractivity contribution in [3.05, 3.63) is 11.8 Å². The molecule has 2 rings (SSSR count). The second kappa shape index (κ2) is 3.25. The first-order valence-corrected chi connectivity index (χ1v) is 4.57. The number of nitrogens with one attached hydrogen (secondary N) is 1. The number of rotatable bonds is 2. The van der Waals surface area contributed by atoms with Gasteiger partial charge in [-0.2, -0.15) is 5.10 Å². The Labute approximate surface area is 81.1 Å². The molecule has 1 aromatic rings. The maximum absolute atomic E-state index is 11.3. The fraction of sp³-hybridized carbons (Fsp3) is 0.444. The van der Waals surface area contributed by atoms with Gasteiger partial charge in [0.2, 0.25) is 5.91 Å². The Bertz CT molecular complexity index is 383. The van der Waals surface area contributed by atoms with Gasteiger partial charge in [-0.3, -0.25) is 19.6 Å². The quantitative estimate of drug-likeness (QED) is 0.686. The molecule has 74 valence electrons. The summed E-state index contributed by atoms with van der Waals surface area (Å²) in [5.41, 5.74) is 0.965. The summed E-state index contributed by atoms with van der Waals surface area (Å²) < 4.78 is 0. The van der Waals surface area contributed by atoms with Crippen LogP contribution >= 0.6 is 0 Å². The topological polar surface area (TPSA) is 66.1 Å². The molecule has 1 fully saturated rings. The molecular weight excluding hydrogens is 182 g/mol. The van der Waals surface area contributed by atoms with E-state index in [1.807, 2.05) is 6.92 Å². The number of aryl methyl sites for hydroxylation is 1. The average molecular weight is 193 g/mol. The molecule has 1 N–H and O–H groups in total. The number of aromatic amines is 1. The minimum atomic E-state index is -0.163. The number of H-pyrrole nitrogens is 1. The molecule has 5 nitrogen and oxygen atoms in total. The van der Waals surface area contributed by atoms with Crippen LogP contribution in [0, 0.1) is 0 Å². The van der Waals surface area contributed by atoms with E-state index in [1.54, 1.807) is 6.07 Å². The Balaban J connectivity index is 2.22. The summed E-state index contributed by atoms with van der Waals surface area (Å²) in [6, 6.07) is 1.80.